The first-order valence-corrected chi connectivity index (χ1v) is 6.85. The topological polar surface area (TPSA) is 63.5 Å². The van der Waals surface area contributed by atoms with Crippen molar-refractivity contribution in [1.29, 1.82) is 0 Å². The largest absolute Gasteiger partial charge is 0.508 e. The van der Waals surface area contributed by atoms with Crippen LogP contribution < -0.4 is 5.73 Å². The van der Waals surface area contributed by atoms with Crippen molar-refractivity contribution in [2.45, 2.75) is 13.8 Å². The Morgan fingerprint density at radius 1 is 1.10 bits per heavy atom. The van der Waals surface area contributed by atoms with Crippen LogP contribution in [0.4, 0.5) is 5.82 Å². The summed E-state index contributed by atoms with van der Waals surface area (Å²) in [5.41, 5.74) is 11.2. The summed E-state index contributed by atoms with van der Waals surface area (Å²) in [5.74, 6) is 0.670. The summed E-state index contributed by atoms with van der Waals surface area (Å²) in [6.07, 6.45) is 2.08. The number of nitrogen functional groups attached to an aromatic ring is 1. The van der Waals surface area contributed by atoms with E-state index in [4.69, 9.17) is 5.73 Å². The number of aromatic hydroxyl groups is 1. The number of aromatic nitrogens is 2. The van der Waals surface area contributed by atoms with Crippen LogP contribution in [0.3, 0.4) is 0 Å². The molecule has 0 spiro atoms. The van der Waals surface area contributed by atoms with Gasteiger partial charge in [0.1, 0.15) is 11.6 Å². The Hall–Kier alpha value is -2.75. The zero-order valence-corrected chi connectivity index (χ0v) is 11.9. The van der Waals surface area contributed by atoms with Gasteiger partial charge in [-0.25, -0.2) is 4.98 Å². The van der Waals surface area contributed by atoms with Crippen LogP contribution in [0.5, 0.6) is 5.75 Å². The molecule has 0 aliphatic heterocycles. The van der Waals surface area contributed by atoms with Gasteiger partial charge in [0.25, 0.3) is 0 Å². The Morgan fingerprint density at radius 3 is 2.67 bits per heavy atom. The number of nitrogens with two attached hydrogens (primary N) is 1. The average Bonchev–Trinajstić information content (AvgIpc) is 2.78. The number of hydrogen-bond donors (Lipinski definition) is 2. The maximum atomic E-state index is 9.62. The second-order valence-electron chi connectivity index (χ2n) is 5.54. The highest BCUT2D eigenvalue weighted by molar-refractivity contribution is 6.05. The molecule has 2 aromatic carbocycles. The minimum absolute atomic E-state index is 0.192. The fraction of sp³-hybridized carbons (Fsp3) is 0.118. The third-order valence-corrected chi connectivity index (χ3v) is 4.13. The molecule has 21 heavy (non-hydrogen) atoms. The van der Waals surface area contributed by atoms with Gasteiger partial charge in [0.05, 0.1) is 16.6 Å². The third kappa shape index (κ3) is 1.59. The van der Waals surface area contributed by atoms with Crippen molar-refractivity contribution in [3.63, 3.8) is 0 Å². The molecule has 0 saturated carbocycles. The normalized spacial score (nSPS) is 11.7. The van der Waals surface area contributed by atoms with Crippen LogP contribution in [-0.2, 0) is 0 Å². The van der Waals surface area contributed by atoms with E-state index in [2.05, 4.69) is 41.6 Å². The molecule has 0 atom stereocenters. The summed E-state index contributed by atoms with van der Waals surface area (Å²) >= 11 is 0. The molecule has 4 rings (SSSR count). The highest BCUT2D eigenvalue weighted by Gasteiger charge is 2.12. The van der Waals surface area contributed by atoms with Gasteiger partial charge in [0.2, 0.25) is 0 Å². The van der Waals surface area contributed by atoms with Gasteiger partial charge in [0, 0.05) is 23.0 Å². The number of hydrogen-bond acceptors (Lipinski definition) is 3. The molecule has 0 saturated heterocycles. The van der Waals surface area contributed by atoms with E-state index < -0.39 is 0 Å². The van der Waals surface area contributed by atoms with Crippen molar-refractivity contribution in [2.24, 2.45) is 0 Å². The van der Waals surface area contributed by atoms with Gasteiger partial charge >= 0.3 is 0 Å². The zero-order chi connectivity index (χ0) is 14.7. The first-order valence-electron chi connectivity index (χ1n) is 6.85. The third-order valence-electron chi connectivity index (χ3n) is 4.13. The van der Waals surface area contributed by atoms with E-state index in [-0.39, 0.29) is 5.75 Å². The summed E-state index contributed by atoms with van der Waals surface area (Å²) in [6.45, 7) is 4.20. The van der Waals surface area contributed by atoms with E-state index in [0.717, 1.165) is 21.8 Å². The standard InChI is InChI=1S/C17H15N3O/c1-9-5-11-8-20-15-4-3-12(21)7-14(15)19-17(18)16(20)13(11)6-10(9)2/h3-8,21H,1-2H3,(H2,18,19). The minimum Gasteiger partial charge on any atom is -0.508 e. The summed E-state index contributed by atoms with van der Waals surface area (Å²) in [6, 6.07) is 9.49. The number of phenolic OH excluding ortho intramolecular Hbond substituents is 1. The minimum atomic E-state index is 0.192. The second-order valence-corrected chi connectivity index (χ2v) is 5.54. The first kappa shape index (κ1) is 12.0. The Kier molecular flexibility index (Phi) is 2.22. The Bertz CT molecular complexity index is 1030. The van der Waals surface area contributed by atoms with Gasteiger partial charge < -0.3 is 15.2 Å². The highest BCUT2D eigenvalue weighted by atomic mass is 16.3. The van der Waals surface area contributed by atoms with Gasteiger partial charge in [-0.3, -0.25) is 0 Å². The Morgan fingerprint density at radius 2 is 1.86 bits per heavy atom. The first-order chi connectivity index (χ1) is 10.0. The molecule has 2 heterocycles. The van der Waals surface area contributed by atoms with Crippen molar-refractivity contribution >= 4 is 33.1 Å². The molecule has 0 unspecified atom stereocenters. The van der Waals surface area contributed by atoms with E-state index >= 15 is 0 Å². The van der Waals surface area contributed by atoms with Crippen LogP contribution in [0.2, 0.25) is 0 Å². The fourth-order valence-electron chi connectivity index (χ4n) is 2.92. The number of aryl methyl sites for hydroxylation is 2. The molecule has 0 fully saturated rings. The lowest BCUT2D eigenvalue weighted by Gasteiger charge is -2.06. The van der Waals surface area contributed by atoms with E-state index in [1.807, 2.05) is 6.07 Å². The lowest BCUT2D eigenvalue weighted by atomic mass is 10.1. The number of anilines is 1. The maximum Gasteiger partial charge on any atom is 0.149 e. The van der Waals surface area contributed by atoms with Crippen molar-refractivity contribution < 1.29 is 5.11 Å². The zero-order valence-electron chi connectivity index (χ0n) is 11.9. The molecule has 3 N–H and O–H groups in total. The molecule has 0 amide bonds. The molecule has 4 heteroatoms. The van der Waals surface area contributed by atoms with Gasteiger partial charge in [0.15, 0.2) is 0 Å². The lowest BCUT2D eigenvalue weighted by Crippen LogP contribution is -1.97. The van der Waals surface area contributed by atoms with Crippen molar-refractivity contribution in [2.75, 3.05) is 5.73 Å². The second kappa shape index (κ2) is 3.88. The summed E-state index contributed by atoms with van der Waals surface area (Å²) in [4.78, 5) is 4.44. The highest BCUT2D eigenvalue weighted by Crippen LogP contribution is 2.31. The van der Waals surface area contributed by atoms with Crippen LogP contribution in [0.1, 0.15) is 11.1 Å². The van der Waals surface area contributed by atoms with E-state index in [1.165, 1.54) is 11.1 Å². The van der Waals surface area contributed by atoms with Crippen molar-refractivity contribution in [3.05, 3.63) is 47.7 Å². The molecule has 0 bridgehead atoms. The van der Waals surface area contributed by atoms with Crippen LogP contribution in [-0.4, -0.2) is 14.5 Å². The predicted molar refractivity (Wildman–Crippen MR) is 85.8 cm³/mol. The average molecular weight is 277 g/mol. The predicted octanol–water partition coefficient (Wildman–Crippen LogP) is 3.55. The summed E-state index contributed by atoms with van der Waals surface area (Å²) < 4.78 is 2.06. The number of rotatable bonds is 0. The molecule has 4 nitrogen and oxygen atoms in total. The SMILES string of the molecule is Cc1cc2cn3c4ccc(O)cc4nc(N)c3c2cc1C. The molecule has 4 aromatic rings. The van der Waals surface area contributed by atoms with Crippen molar-refractivity contribution in [3.8, 4) is 5.75 Å². The Balaban J connectivity index is 2.28. The lowest BCUT2D eigenvalue weighted by molar-refractivity contribution is 0.476. The monoisotopic (exact) mass is 277 g/mol. The smallest absolute Gasteiger partial charge is 0.149 e. The fourth-order valence-corrected chi connectivity index (χ4v) is 2.92. The number of phenols is 1. The van der Waals surface area contributed by atoms with Gasteiger partial charge in [-0.15, -0.1) is 0 Å². The Labute approximate surface area is 121 Å². The molecule has 0 aliphatic rings. The van der Waals surface area contributed by atoms with Crippen LogP contribution in [0.25, 0.3) is 27.3 Å². The van der Waals surface area contributed by atoms with Crippen molar-refractivity contribution in [1.82, 2.24) is 9.38 Å². The number of fused-ring (bicyclic) bond motifs is 5. The van der Waals surface area contributed by atoms with Crippen LogP contribution >= 0.6 is 0 Å². The van der Waals surface area contributed by atoms with Crippen LogP contribution in [0.15, 0.2) is 36.5 Å². The van der Waals surface area contributed by atoms with Gasteiger partial charge in [-0.05, 0) is 49.2 Å². The molecule has 0 radical (unpaired) electrons. The molecular formula is C17H15N3O. The molecule has 2 aromatic heterocycles. The molecule has 0 aliphatic carbocycles. The number of benzene rings is 2. The van der Waals surface area contributed by atoms with Crippen LogP contribution in [0, 0.1) is 13.8 Å². The summed E-state index contributed by atoms with van der Waals surface area (Å²) in [5, 5.41) is 11.9. The quantitative estimate of drug-likeness (QED) is 0.516. The summed E-state index contributed by atoms with van der Waals surface area (Å²) in [7, 11) is 0. The van der Waals surface area contributed by atoms with Gasteiger partial charge in [-0.1, -0.05) is 0 Å². The molecular weight excluding hydrogens is 262 g/mol. The molecule has 104 valence electrons. The van der Waals surface area contributed by atoms with E-state index in [9.17, 15) is 5.11 Å². The maximum absolute atomic E-state index is 9.62. The number of nitrogens with zero attached hydrogens (tertiary/aromatic N) is 2. The van der Waals surface area contributed by atoms with Gasteiger partial charge in [-0.2, -0.15) is 0 Å². The van der Waals surface area contributed by atoms with E-state index in [0.29, 0.717) is 11.3 Å². The van der Waals surface area contributed by atoms with E-state index in [1.54, 1.807) is 12.1 Å².